The zero-order valence-corrected chi connectivity index (χ0v) is 14.9. The molecular formula is C17H22BrNS. The van der Waals surface area contributed by atoms with Crippen LogP contribution in [0.25, 0.3) is 0 Å². The molecule has 2 rings (SSSR count). The Bertz CT molecular complexity index is 557. The van der Waals surface area contributed by atoms with E-state index in [1.54, 1.807) is 0 Å². The van der Waals surface area contributed by atoms with Crippen LogP contribution in [0.3, 0.4) is 0 Å². The summed E-state index contributed by atoms with van der Waals surface area (Å²) >= 11 is 5.55. The molecule has 0 bridgehead atoms. The first-order valence-corrected chi connectivity index (χ1v) is 8.73. The van der Waals surface area contributed by atoms with Gasteiger partial charge in [-0.1, -0.05) is 45.0 Å². The minimum absolute atomic E-state index is 0.272. The summed E-state index contributed by atoms with van der Waals surface area (Å²) in [5, 5.41) is 3.60. The van der Waals surface area contributed by atoms with Gasteiger partial charge in [0.2, 0.25) is 0 Å². The van der Waals surface area contributed by atoms with Crippen LogP contribution in [-0.2, 0) is 0 Å². The number of aryl methyl sites for hydroxylation is 1. The second-order valence-corrected chi connectivity index (χ2v) is 7.52. The normalized spacial score (nSPS) is 12.9. The standard InChI is InChI=1S/C17H22BrNS/c1-5-19-16(17-15(18)10-12(4)20-17)14-8-6-13(7-9-14)11(2)3/h6-11,16,19H,5H2,1-4H3. The summed E-state index contributed by atoms with van der Waals surface area (Å²) < 4.78 is 1.21. The maximum atomic E-state index is 3.69. The van der Waals surface area contributed by atoms with Crippen molar-refractivity contribution in [2.45, 2.75) is 39.7 Å². The summed E-state index contributed by atoms with van der Waals surface area (Å²) in [6.45, 7) is 9.74. The van der Waals surface area contributed by atoms with Gasteiger partial charge in [-0.2, -0.15) is 0 Å². The Kier molecular flexibility index (Phi) is 5.42. The minimum atomic E-state index is 0.272. The highest BCUT2D eigenvalue weighted by molar-refractivity contribution is 9.10. The van der Waals surface area contributed by atoms with Gasteiger partial charge in [-0.15, -0.1) is 11.3 Å². The molecule has 1 aromatic carbocycles. The van der Waals surface area contributed by atoms with E-state index in [0.717, 1.165) is 6.54 Å². The Morgan fingerprint density at radius 2 is 1.75 bits per heavy atom. The third-order valence-corrected chi connectivity index (χ3v) is 5.48. The Balaban J connectivity index is 2.35. The molecule has 3 heteroatoms. The SMILES string of the molecule is CCNC(c1ccc(C(C)C)cc1)c1sc(C)cc1Br. The van der Waals surface area contributed by atoms with E-state index in [2.05, 4.69) is 79.3 Å². The highest BCUT2D eigenvalue weighted by Crippen LogP contribution is 2.35. The first kappa shape index (κ1) is 15.7. The van der Waals surface area contributed by atoms with E-state index in [-0.39, 0.29) is 6.04 Å². The summed E-state index contributed by atoms with van der Waals surface area (Å²) in [6, 6.07) is 11.5. The minimum Gasteiger partial charge on any atom is -0.306 e. The molecule has 0 saturated heterocycles. The fourth-order valence-electron chi connectivity index (χ4n) is 2.34. The maximum Gasteiger partial charge on any atom is 0.0682 e. The quantitative estimate of drug-likeness (QED) is 0.734. The van der Waals surface area contributed by atoms with Crippen LogP contribution in [0.1, 0.15) is 53.6 Å². The van der Waals surface area contributed by atoms with Gasteiger partial charge in [0.15, 0.2) is 0 Å². The lowest BCUT2D eigenvalue weighted by atomic mass is 9.98. The van der Waals surface area contributed by atoms with Gasteiger partial charge in [0, 0.05) is 14.2 Å². The van der Waals surface area contributed by atoms with Crippen molar-refractivity contribution in [3.8, 4) is 0 Å². The largest absolute Gasteiger partial charge is 0.306 e. The van der Waals surface area contributed by atoms with E-state index < -0.39 is 0 Å². The fourth-order valence-corrected chi connectivity index (χ4v) is 4.32. The van der Waals surface area contributed by atoms with E-state index in [9.17, 15) is 0 Å². The number of hydrogen-bond donors (Lipinski definition) is 1. The molecule has 0 aliphatic carbocycles. The van der Waals surface area contributed by atoms with Crippen LogP contribution in [0.15, 0.2) is 34.8 Å². The molecule has 1 unspecified atom stereocenters. The first-order chi connectivity index (χ1) is 9.52. The van der Waals surface area contributed by atoms with Crippen LogP contribution in [0, 0.1) is 6.92 Å². The number of hydrogen-bond acceptors (Lipinski definition) is 2. The van der Waals surface area contributed by atoms with E-state index in [1.807, 2.05) is 11.3 Å². The van der Waals surface area contributed by atoms with E-state index in [0.29, 0.717) is 5.92 Å². The van der Waals surface area contributed by atoms with Crippen molar-refractivity contribution in [2.75, 3.05) is 6.54 Å². The Morgan fingerprint density at radius 3 is 2.20 bits per heavy atom. The van der Waals surface area contributed by atoms with Crippen LogP contribution >= 0.6 is 27.3 Å². The van der Waals surface area contributed by atoms with Gasteiger partial charge >= 0.3 is 0 Å². The van der Waals surface area contributed by atoms with Gasteiger partial charge in [0.25, 0.3) is 0 Å². The summed E-state index contributed by atoms with van der Waals surface area (Å²) in [5.41, 5.74) is 2.73. The van der Waals surface area contributed by atoms with Gasteiger partial charge < -0.3 is 5.32 Å². The number of benzene rings is 1. The maximum absolute atomic E-state index is 3.69. The zero-order chi connectivity index (χ0) is 14.7. The van der Waals surface area contributed by atoms with Crippen LogP contribution in [0.4, 0.5) is 0 Å². The molecule has 0 fully saturated rings. The molecule has 0 aliphatic heterocycles. The monoisotopic (exact) mass is 351 g/mol. The van der Waals surface area contributed by atoms with Gasteiger partial charge in [-0.25, -0.2) is 0 Å². The van der Waals surface area contributed by atoms with Crippen LogP contribution in [0.2, 0.25) is 0 Å². The molecule has 0 radical (unpaired) electrons. The molecule has 108 valence electrons. The second kappa shape index (κ2) is 6.88. The van der Waals surface area contributed by atoms with Crippen molar-refractivity contribution in [1.29, 1.82) is 0 Å². The molecule has 2 aromatic rings. The molecule has 1 nitrogen and oxygen atoms in total. The highest BCUT2D eigenvalue weighted by Gasteiger charge is 2.18. The first-order valence-electron chi connectivity index (χ1n) is 7.12. The van der Waals surface area contributed by atoms with E-state index in [4.69, 9.17) is 0 Å². The average Bonchev–Trinajstić information content (AvgIpc) is 2.75. The lowest BCUT2D eigenvalue weighted by Crippen LogP contribution is -2.21. The molecule has 1 N–H and O–H groups in total. The predicted octanol–water partition coefficient (Wildman–Crippen LogP) is 5.64. The van der Waals surface area contributed by atoms with Crippen molar-refractivity contribution >= 4 is 27.3 Å². The van der Waals surface area contributed by atoms with E-state index >= 15 is 0 Å². The van der Waals surface area contributed by atoms with Gasteiger partial charge in [0.05, 0.1) is 6.04 Å². The number of rotatable bonds is 5. The Labute approximate surface area is 134 Å². The molecule has 0 amide bonds. The third kappa shape index (κ3) is 3.51. The van der Waals surface area contributed by atoms with Crippen LogP contribution in [-0.4, -0.2) is 6.54 Å². The lowest BCUT2D eigenvalue weighted by Gasteiger charge is -2.18. The molecule has 0 saturated carbocycles. The summed E-state index contributed by atoms with van der Waals surface area (Å²) in [7, 11) is 0. The van der Waals surface area contributed by atoms with Gasteiger partial charge in [-0.05, 0) is 52.5 Å². The Morgan fingerprint density at radius 1 is 1.15 bits per heavy atom. The fraction of sp³-hybridized carbons (Fsp3) is 0.412. The summed E-state index contributed by atoms with van der Waals surface area (Å²) in [5.74, 6) is 0.581. The van der Waals surface area contributed by atoms with Crippen molar-refractivity contribution in [3.05, 3.63) is 55.7 Å². The molecule has 0 aliphatic rings. The lowest BCUT2D eigenvalue weighted by molar-refractivity contribution is 0.637. The number of halogens is 1. The van der Waals surface area contributed by atoms with Crippen molar-refractivity contribution in [2.24, 2.45) is 0 Å². The second-order valence-electron chi connectivity index (χ2n) is 5.38. The van der Waals surface area contributed by atoms with Crippen molar-refractivity contribution in [1.82, 2.24) is 5.32 Å². The smallest absolute Gasteiger partial charge is 0.0682 e. The van der Waals surface area contributed by atoms with Crippen LogP contribution in [0.5, 0.6) is 0 Å². The van der Waals surface area contributed by atoms with E-state index in [1.165, 1.54) is 25.4 Å². The molecular weight excluding hydrogens is 330 g/mol. The summed E-state index contributed by atoms with van der Waals surface area (Å²) in [6.07, 6.45) is 0. The summed E-state index contributed by atoms with van der Waals surface area (Å²) in [4.78, 5) is 2.70. The zero-order valence-electron chi connectivity index (χ0n) is 12.5. The van der Waals surface area contributed by atoms with Crippen molar-refractivity contribution in [3.63, 3.8) is 0 Å². The number of thiophene rings is 1. The molecule has 0 spiro atoms. The number of nitrogens with one attached hydrogen (secondary N) is 1. The van der Waals surface area contributed by atoms with Crippen molar-refractivity contribution < 1.29 is 0 Å². The molecule has 20 heavy (non-hydrogen) atoms. The highest BCUT2D eigenvalue weighted by atomic mass is 79.9. The average molecular weight is 352 g/mol. The predicted molar refractivity (Wildman–Crippen MR) is 92.8 cm³/mol. The molecule has 1 atom stereocenters. The van der Waals surface area contributed by atoms with Gasteiger partial charge in [-0.3, -0.25) is 0 Å². The third-order valence-electron chi connectivity index (χ3n) is 3.44. The topological polar surface area (TPSA) is 12.0 Å². The van der Waals surface area contributed by atoms with Gasteiger partial charge in [0.1, 0.15) is 0 Å². The molecule has 1 aromatic heterocycles. The molecule has 1 heterocycles. The Hall–Kier alpha value is -0.640. The van der Waals surface area contributed by atoms with Crippen LogP contribution < -0.4 is 5.32 Å².